The number of amides is 1. The molecule has 140 valence electrons. The van der Waals surface area contributed by atoms with Gasteiger partial charge < -0.3 is 9.30 Å². The van der Waals surface area contributed by atoms with Gasteiger partial charge in [-0.05, 0) is 50.1 Å². The van der Waals surface area contributed by atoms with Gasteiger partial charge in [0.05, 0.1) is 6.21 Å². The van der Waals surface area contributed by atoms with E-state index in [1.165, 1.54) is 0 Å². The Hall–Kier alpha value is -2.60. The lowest BCUT2D eigenvalue weighted by atomic mass is 10.1. The summed E-state index contributed by atoms with van der Waals surface area (Å²) in [5.74, 6) is 0.424. The Balaban J connectivity index is 1.66. The molecule has 0 spiro atoms. The van der Waals surface area contributed by atoms with Crippen molar-refractivity contribution in [2.45, 2.75) is 20.8 Å². The first kappa shape index (κ1) is 19.2. The molecule has 27 heavy (non-hydrogen) atoms. The highest BCUT2D eigenvalue weighted by molar-refractivity contribution is 9.10. The molecular formula is C21H22BrN3O2. The number of para-hydroxylation sites is 1. The summed E-state index contributed by atoms with van der Waals surface area (Å²) in [6.07, 6.45) is 1.69. The predicted octanol–water partition coefficient (Wildman–Crippen LogP) is 4.40. The van der Waals surface area contributed by atoms with Crippen LogP contribution >= 0.6 is 15.9 Å². The number of carbonyl (C=O) groups is 1. The minimum Gasteiger partial charge on any atom is -0.483 e. The molecule has 0 saturated heterocycles. The lowest BCUT2D eigenvalue weighted by Crippen LogP contribution is -2.25. The van der Waals surface area contributed by atoms with Gasteiger partial charge in [-0.3, -0.25) is 4.79 Å². The summed E-state index contributed by atoms with van der Waals surface area (Å²) >= 11 is 3.45. The molecule has 0 saturated carbocycles. The Bertz CT molecular complexity index is 1010. The summed E-state index contributed by atoms with van der Waals surface area (Å²) in [5, 5.41) is 5.22. The second-order valence-corrected chi connectivity index (χ2v) is 7.44. The van der Waals surface area contributed by atoms with E-state index in [1.807, 2.05) is 58.2 Å². The molecule has 6 heteroatoms. The van der Waals surface area contributed by atoms with Crippen molar-refractivity contribution in [1.82, 2.24) is 9.99 Å². The number of carbonyl (C=O) groups excluding carboxylic acids is 1. The number of aryl methyl sites for hydroxylation is 3. The zero-order valence-corrected chi connectivity index (χ0v) is 17.4. The van der Waals surface area contributed by atoms with Gasteiger partial charge in [0.25, 0.3) is 5.91 Å². The number of nitrogens with zero attached hydrogens (tertiary/aromatic N) is 2. The molecule has 0 unspecified atom stereocenters. The Morgan fingerprint density at radius 1 is 1.22 bits per heavy atom. The molecule has 0 radical (unpaired) electrons. The zero-order valence-electron chi connectivity index (χ0n) is 15.8. The molecule has 3 rings (SSSR count). The average Bonchev–Trinajstić information content (AvgIpc) is 2.86. The van der Waals surface area contributed by atoms with Gasteiger partial charge in [0.1, 0.15) is 5.75 Å². The van der Waals surface area contributed by atoms with Crippen LogP contribution in [0.1, 0.15) is 22.4 Å². The maximum Gasteiger partial charge on any atom is 0.277 e. The monoisotopic (exact) mass is 427 g/mol. The molecule has 0 aliphatic rings. The van der Waals surface area contributed by atoms with E-state index in [4.69, 9.17) is 4.74 Å². The molecule has 0 aliphatic carbocycles. The van der Waals surface area contributed by atoms with Gasteiger partial charge in [-0.1, -0.05) is 34.1 Å². The average molecular weight is 428 g/mol. The lowest BCUT2D eigenvalue weighted by molar-refractivity contribution is -0.123. The van der Waals surface area contributed by atoms with E-state index >= 15 is 0 Å². The Kier molecular flexibility index (Phi) is 5.65. The molecule has 2 aromatic carbocycles. The number of hydrogen-bond acceptors (Lipinski definition) is 3. The number of hydrazone groups is 1. The summed E-state index contributed by atoms with van der Waals surface area (Å²) in [6, 6.07) is 12.0. The Morgan fingerprint density at radius 3 is 2.59 bits per heavy atom. The van der Waals surface area contributed by atoms with Crippen LogP contribution in [0.4, 0.5) is 0 Å². The van der Waals surface area contributed by atoms with Gasteiger partial charge >= 0.3 is 0 Å². The van der Waals surface area contributed by atoms with Crippen molar-refractivity contribution < 1.29 is 9.53 Å². The summed E-state index contributed by atoms with van der Waals surface area (Å²) in [5.41, 5.74) is 7.71. The third kappa shape index (κ3) is 4.06. The maximum absolute atomic E-state index is 12.1. The summed E-state index contributed by atoms with van der Waals surface area (Å²) < 4.78 is 8.78. The molecule has 1 N–H and O–H groups in total. The van der Waals surface area contributed by atoms with Crippen molar-refractivity contribution in [3.05, 3.63) is 63.3 Å². The first-order chi connectivity index (χ1) is 12.9. The number of halogens is 1. The van der Waals surface area contributed by atoms with Crippen LogP contribution in [0.15, 0.2) is 46.0 Å². The Labute approximate surface area is 167 Å². The van der Waals surface area contributed by atoms with Crippen LogP contribution in [0.2, 0.25) is 0 Å². The van der Waals surface area contributed by atoms with Crippen LogP contribution < -0.4 is 10.2 Å². The van der Waals surface area contributed by atoms with Crippen molar-refractivity contribution in [3.63, 3.8) is 0 Å². The molecule has 0 aliphatic heterocycles. The summed E-state index contributed by atoms with van der Waals surface area (Å²) in [6.45, 7) is 5.85. The van der Waals surface area contributed by atoms with Crippen LogP contribution in [0, 0.1) is 20.8 Å². The first-order valence-corrected chi connectivity index (χ1v) is 9.43. The maximum atomic E-state index is 12.1. The molecule has 0 atom stereocenters. The Morgan fingerprint density at radius 2 is 1.89 bits per heavy atom. The number of aromatic nitrogens is 1. The smallest absolute Gasteiger partial charge is 0.277 e. The number of rotatable bonds is 5. The van der Waals surface area contributed by atoms with Gasteiger partial charge in [-0.2, -0.15) is 5.10 Å². The van der Waals surface area contributed by atoms with Crippen molar-refractivity contribution in [3.8, 4) is 5.75 Å². The first-order valence-electron chi connectivity index (χ1n) is 8.64. The SMILES string of the molecule is Cc1cc(Br)cc(C)c1OCC(=O)N/N=C\c1c(C)n(C)c2ccccc12. The largest absolute Gasteiger partial charge is 0.483 e. The topological polar surface area (TPSA) is 55.6 Å². The fraction of sp³-hybridized carbons (Fsp3) is 0.238. The highest BCUT2D eigenvalue weighted by Crippen LogP contribution is 2.27. The van der Waals surface area contributed by atoms with E-state index in [2.05, 4.69) is 37.1 Å². The van der Waals surface area contributed by atoms with E-state index in [0.717, 1.165) is 43.5 Å². The standard InChI is InChI=1S/C21H22BrN3O2/c1-13-9-16(22)10-14(2)21(13)27-12-20(26)24-23-11-18-15(3)25(4)19-8-6-5-7-17(18)19/h5-11H,12H2,1-4H3,(H,24,26)/b23-11-. The zero-order chi connectivity index (χ0) is 19.6. The number of ether oxygens (including phenoxy) is 1. The fourth-order valence-corrected chi connectivity index (χ4v) is 3.86. The second kappa shape index (κ2) is 7.96. The fourth-order valence-electron chi connectivity index (χ4n) is 3.18. The van der Waals surface area contributed by atoms with Crippen molar-refractivity contribution in [2.24, 2.45) is 12.1 Å². The second-order valence-electron chi connectivity index (χ2n) is 6.53. The number of fused-ring (bicyclic) bond motifs is 1. The normalized spacial score (nSPS) is 11.3. The van der Waals surface area contributed by atoms with Crippen LogP contribution in [0.3, 0.4) is 0 Å². The number of nitrogens with one attached hydrogen (secondary N) is 1. The van der Waals surface area contributed by atoms with E-state index in [9.17, 15) is 4.79 Å². The predicted molar refractivity (Wildman–Crippen MR) is 113 cm³/mol. The van der Waals surface area contributed by atoms with Crippen molar-refractivity contribution >= 4 is 39.0 Å². The van der Waals surface area contributed by atoms with Crippen LogP contribution in [-0.4, -0.2) is 23.3 Å². The van der Waals surface area contributed by atoms with Crippen LogP contribution in [-0.2, 0) is 11.8 Å². The van der Waals surface area contributed by atoms with Crippen molar-refractivity contribution in [2.75, 3.05) is 6.61 Å². The quantitative estimate of drug-likeness (QED) is 0.484. The minimum atomic E-state index is -0.300. The molecule has 1 heterocycles. The van der Waals surface area contributed by atoms with E-state index in [0.29, 0.717) is 0 Å². The van der Waals surface area contributed by atoms with Gasteiger partial charge in [-0.15, -0.1) is 0 Å². The third-order valence-corrected chi connectivity index (χ3v) is 5.06. The molecule has 1 aromatic heterocycles. The molecule has 3 aromatic rings. The van der Waals surface area contributed by atoms with Gasteiger partial charge in [0, 0.05) is 33.7 Å². The molecular weight excluding hydrogens is 406 g/mol. The minimum absolute atomic E-state index is 0.0881. The van der Waals surface area contributed by atoms with E-state index in [-0.39, 0.29) is 12.5 Å². The highest BCUT2D eigenvalue weighted by Gasteiger charge is 2.10. The van der Waals surface area contributed by atoms with E-state index in [1.54, 1.807) is 6.21 Å². The summed E-state index contributed by atoms with van der Waals surface area (Å²) in [7, 11) is 2.02. The van der Waals surface area contributed by atoms with Gasteiger partial charge in [-0.25, -0.2) is 5.43 Å². The number of hydrogen-bond donors (Lipinski definition) is 1. The molecule has 1 amide bonds. The van der Waals surface area contributed by atoms with Crippen LogP contribution in [0.25, 0.3) is 10.9 Å². The van der Waals surface area contributed by atoms with E-state index < -0.39 is 0 Å². The molecule has 0 fully saturated rings. The molecule has 0 bridgehead atoms. The van der Waals surface area contributed by atoms with Gasteiger partial charge in [0.2, 0.25) is 0 Å². The van der Waals surface area contributed by atoms with Crippen molar-refractivity contribution in [1.29, 1.82) is 0 Å². The summed E-state index contributed by atoms with van der Waals surface area (Å²) in [4.78, 5) is 12.1. The molecule has 5 nitrogen and oxygen atoms in total. The highest BCUT2D eigenvalue weighted by atomic mass is 79.9. The van der Waals surface area contributed by atoms with Crippen LogP contribution in [0.5, 0.6) is 5.75 Å². The third-order valence-electron chi connectivity index (χ3n) is 4.60. The lowest BCUT2D eigenvalue weighted by Gasteiger charge is -2.11. The number of benzene rings is 2. The van der Waals surface area contributed by atoms with Gasteiger partial charge in [0.15, 0.2) is 6.61 Å².